The SMILES string of the molecule is CCN[CH]CC(=O)O. The number of hydrogen-bond donors (Lipinski definition) is 2. The first-order valence-electron chi connectivity index (χ1n) is 2.54. The normalized spacial score (nSPS) is 9.12. The number of rotatable bonds is 4. The van der Waals surface area contributed by atoms with Crippen molar-refractivity contribution in [2.45, 2.75) is 13.3 Å². The standard InChI is InChI=1S/C5H10NO2/c1-2-6-4-3-5(7)8/h4,6H,2-3H2,1H3,(H,7,8). The van der Waals surface area contributed by atoms with Crippen LogP contribution in [0.25, 0.3) is 0 Å². The molecular weight excluding hydrogens is 106 g/mol. The fourth-order valence-corrected chi connectivity index (χ4v) is 0.304. The van der Waals surface area contributed by atoms with Crippen LogP contribution in [0, 0.1) is 6.54 Å². The number of hydrogen-bond acceptors (Lipinski definition) is 2. The summed E-state index contributed by atoms with van der Waals surface area (Å²) in [6, 6.07) is 0. The van der Waals surface area contributed by atoms with Crippen LogP contribution in [0.5, 0.6) is 0 Å². The summed E-state index contributed by atoms with van der Waals surface area (Å²) in [6.07, 6.45) is 0.0911. The van der Waals surface area contributed by atoms with Gasteiger partial charge in [0.1, 0.15) is 0 Å². The molecule has 0 atom stereocenters. The van der Waals surface area contributed by atoms with Gasteiger partial charge in [0.2, 0.25) is 0 Å². The minimum Gasteiger partial charge on any atom is -0.481 e. The monoisotopic (exact) mass is 116 g/mol. The molecule has 0 aromatic heterocycles. The van der Waals surface area contributed by atoms with Gasteiger partial charge < -0.3 is 10.4 Å². The van der Waals surface area contributed by atoms with E-state index in [9.17, 15) is 4.79 Å². The van der Waals surface area contributed by atoms with Gasteiger partial charge in [-0.15, -0.1) is 0 Å². The van der Waals surface area contributed by atoms with Gasteiger partial charge >= 0.3 is 5.97 Å². The molecule has 0 aliphatic carbocycles. The van der Waals surface area contributed by atoms with Gasteiger partial charge in [-0.05, 0) is 6.54 Å². The van der Waals surface area contributed by atoms with E-state index in [1.54, 1.807) is 0 Å². The lowest BCUT2D eigenvalue weighted by molar-refractivity contribution is -0.136. The lowest BCUT2D eigenvalue weighted by Crippen LogP contribution is -2.11. The highest BCUT2D eigenvalue weighted by molar-refractivity contribution is 5.67. The Labute approximate surface area is 48.7 Å². The van der Waals surface area contributed by atoms with Crippen molar-refractivity contribution in [2.24, 2.45) is 0 Å². The molecule has 0 unspecified atom stereocenters. The van der Waals surface area contributed by atoms with E-state index >= 15 is 0 Å². The molecule has 2 N–H and O–H groups in total. The molecular formula is C5H10NO2. The molecule has 0 aromatic rings. The van der Waals surface area contributed by atoms with Crippen molar-refractivity contribution in [3.63, 3.8) is 0 Å². The van der Waals surface area contributed by atoms with Gasteiger partial charge in [-0.3, -0.25) is 4.79 Å². The molecule has 0 rings (SSSR count). The predicted octanol–water partition coefficient (Wildman–Crippen LogP) is 0.232. The van der Waals surface area contributed by atoms with Gasteiger partial charge in [0, 0.05) is 6.54 Å². The van der Waals surface area contributed by atoms with Crippen molar-refractivity contribution in [2.75, 3.05) is 6.54 Å². The average Bonchev–Trinajstić information content (AvgIpc) is 1.66. The zero-order chi connectivity index (χ0) is 6.41. The van der Waals surface area contributed by atoms with Gasteiger partial charge in [-0.2, -0.15) is 0 Å². The van der Waals surface area contributed by atoms with Gasteiger partial charge in [0.05, 0.1) is 6.42 Å². The zero-order valence-electron chi connectivity index (χ0n) is 4.85. The summed E-state index contributed by atoms with van der Waals surface area (Å²) in [6.45, 7) is 4.23. The van der Waals surface area contributed by atoms with Crippen molar-refractivity contribution in [3.05, 3.63) is 6.54 Å². The van der Waals surface area contributed by atoms with Crippen molar-refractivity contribution >= 4 is 5.97 Å². The van der Waals surface area contributed by atoms with Gasteiger partial charge in [-0.25, -0.2) is 0 Å². The Kier molecular flexibility index (Phi) is 4.26. The van der Waals surface area contributed by atoms with Gasteiger partial charge in [0.15, 0.2) is 0 Å². The summed E-state index contributed by atoms with van der Waals surface area (Å²) < 4.78 is 0. The van der Waals surface area contributed by atoms with Crippen molar-refractivity contribution in [1.29, 1.82) is 0 Å². The maximum atomic E-state index is 9.80. The quantitative estimate of drug-likeness (QED) is 0.517. The highest BCUT2D eigenvalue weighted by Gasteiger charge is 1.92. The Hall–Kier alpha value is -0.570. The maximum absolute atomic E-state index is 9.80. The Morgan fingerprint density at radius 3 is 2.88 bits per heavy atom. The molecule has 0 amide bonds. The molecule has 0 saturated carbocycles. The van der Waals surface area contributed by atoms with Crippen LogP contribution >= 0.6 is 0 Å². The Bertz CT molecular complexity index is 72.8. The van der Waals surface area contributed by atoms with E-state index in [0.717, 1.165) is 6.54 Å². The van der Waals surface area contributed by atoms with E-state index in [1.165, 1.54) is 6.54 Å². The fraction of sp³-hybridized carbons (Fsp3) is 0.600. The van der Waals surface area contributed by atoms with Crippen LogP contribution in [-0.2, 0) is 4.79 Å². The van der Waals surface area contributed by atoms with Crippen LogP contribution in [0.1, 0.15) is 13.3 Å². The predicted molar refractivity (Wildman–Crippen MR) is 30.2 cm³/mol. The first-order valence-corrected chi connectivity index (χ1v) is 2.54. The molecule has 0 heterocycles. The van der Waals surface area contributed by atoms with E-state index < -0.39 is 5.97 Å². The van der Waals surface area contributed by atoms with E-state index in [4.69, 9.17) is 5.11 Å². The summed E-state index contributed by atoms with van der Waals surface area (Å²) in [5.74, 6) is -0.800. The maximum Gasteiger partial charge on any atom is 0.304 e. The molecule has 0 aliphatic rings. The van der Waals surface area contributed by atoms with Crippen LogP contribution in [0.3, 0.4) is 0 Å². The first kappa shape index (κ1) is 7.43. The highest BCUT2D eigenvalue weighted by Crippen LogP contribution is 1.79. The van der Waals surface area contributed by atoms with Crippen LogP contribution in [0.4, 0.5) is 0 Å². The number of carboxylic acids is 1. The van der Waals surface area contributed by atoms with Crippen LogP contribution in [-0.4, -0.2) is 17.6 Å². The third-order valence-corrected chi connectivity index (χ3v) is 0.625. The van der Waals surface area contributed by atoms with E-state index in [1.807, 2.05) is 6.92 Å². The molecule has 1 radical (unpaired) electrons. The minimum atomic E-state index is -0.800. The fourth-order valence-electron chi connectivity index (χ4n) is 0.304. The van der Waals surface area contributed by atoms with Crippen LogP contribution < -0.4 is 5.32 Å². The van der Waals surface area contributed by atoms with Crippen molar-refractivity contribution in [3.8, 4) is 0 Å². The second-order valence-corrected chi connectivity index (χ2v) is 1.36. The summed E-state index contributed by atoms with van der Waals surface area (Å²) in [4.78, 5) is 9.80. The number of carboxylic acid groups (broad SMARTS) is 1. The van der Waals surface area contributed by atoms with Crippen molar-refractivity contribution in [1.82, 2.24) is 5.32 Å². The molecule has 47 valence electrons. The lowest BCUT2D eigenvalue weighted by atomic mass is 10.4. The third-order valence-electron chi connectivity index (χ3n) is 0.625. The topological polar surface area (TPSA) is 49.3 Å². The summed E-state index contributed by atoms with van der Waals surface area (Å²) in [5, 5.41) is 10.8. The summed E-state index contributed by atoms with van der Waals surface area (Å²) in [7, 11) is 0. The van der Waals surface area contributed by atoms with Gasteiger partial charge in [-0.1, -0.05) is 6.92 Å². The molecule has 0 saturated heterocycles. The largest absolute Gasteiger partial charge is 0.481 e. The number of carbonyl (C=O) groups is 1. The molecule has 0 fully saturated rings. The highest BCUT2D eigenvalue weighted by atomic mass is 16.4. The average molecular weight is 116 g/mol. The van der Waals surface area contributed by atoms with E-state index in [-0.39, 0.29) is 6.42 Å². The smallest absolute Gasteiger partial charge is 0.304 e. The number of aliphatic carboxylic acids is 1. The first-order chi connectivity index (χ1) is 3.77. The minimum absolute atomic E-state index is 0.0911. The summed E-state index contributed by atoms with van der Waals surface area (Å²) >= 11 is 0. The summed E-state index contributed by atoms with van der Waals surface area (Å²) in [5.41, 5.74) is 0. The van der Waals surface area contributed by atoms with Crippen molar-refractivity contribution < 1.29 is 9.90 Å². The Balaban J connectivity index is 2.82. The Morgan fingerprint density at radius 1 is 1.88 bits per heavy atom. The van der Waals surface area contributed by atoms with Crippen LogP contribution in [0.2, 0.25) is 0 Å². The molecule has 0 spiro atoms. The van der Waals surface area contributed by atoms with Crippen LogP contribution in [0.15, 0.2) is 0 Å². The Morgan fingerprint density at radius 2 is 2.50 bits per heavy atom. The van der Waals surface area contributed by atoms with E-state index in [0.29, 0.717) is 0 Å². The molecule has 0 aromatic carbocycles. The third kappa shape index (κ3) is 5.43. The second kappa shape index (κ2) is 4.59. The molecule has 3 nitrogen and oxygen atoms in total. The number of nitrogens with one attached hydrogen (secondary N) is 1. The molecule has 0 aliphatic heterocycles. The van der Waals surface area contributed by atoms with E-state index in [2.05, 4.69) is 5.32 Å². The van der Waals surface area contributed by atoms with Gasteiger partial charge in [0.25, 0.3) is 0 Å². The molecule has 3 heteroatoms. The molecule has 8 heavy (non-hydrogen) atoms. The second-order valence-electron chi connectivity index (χ2n) is 1.36. The molecule has 0 bridgehead atoms. The lowest BCUT2D eigenvalue weighted by Gasteiger charge is -1.93. The zero-order valence-corrected chi connectivity index (χ0v) is 4.85.